The number of likely N-dealkylation sites (tertiary alicyclic amines) is 1. The first kappa shape index (κ1) is 15.1. The van der Waals surface area contributed by atoms with Crippen LogP contribution in [-0.2, 0) is 6.54 Å². The quantitative estimate of drug-likeness (QED) is 0.802. The predicted molar refractivity (Wildman–Crippen MR) is 91.9 cm³/mol. The van der Waals surface area contributed by atoms with Crippen molar-refractivity contribution in [1.29, 1.82) is 0 Å². The van der Waals surface area contributed by atoms with Gasteiger partial charge in [0.25, 0.3) is 11.5 Å². The molecule has 5 nitrogen and oxygen atoms in total. The Morgan fingerprint density at radius 1 is 1.35 bits per heavy atom. The van der Waals surface area contributed by atoms with Crippen LogP contribution in [0.5, 0.6) is 0 Å². The normalized spacial score (nSPS) is 18.0. The molecule has 0 bridgehead atoms. The van der Waals surface area contributed by atoms with Crippen LogP contribution < -0.4 is 5.56 Å². The summed E-state index contributed by atoms with van der Waals surface area (Å²) in [6.45, 7) is 1.98. The molecule has 120 valence electrons. The summed E-state index contributed by atoms with van der Waals surface area (Å²) in [5, 5.41) is 6.40. The summed E-state index contributed by atoms with van der Waals surface area (Å²) in [5.41, 5.74) is 0.974. The number of hydrogen-bond acceptors (Lipinski definition) is 4. The minimum absolute atomic E-state index is 0.0543. The van der Waals surface area contributed by atoms with E-state index in [0.717, 1.165) is 15.0 Å². The Labute approximate surface area is 146 Å². The summed E-state index contributed by atoms with van der Waals surface area (Å²) < 4.78 is 2.51. The summed E-state index contributed by atoms with van der Waals surface area (Å²) in [6, 6.07) is 5.32. The fourth-order valence-corrected chi connectivity index (χ4v) is 4.26. The van der Waals surface area contributed by atoms with Gasteiger partial charge in [-0.1, -0.05) is 0 Å². The molecule has 0 unspecified atom stereocenters. The fourth-order valence-electron chi connectivity index (χ4n) is 2.87. The van der Waals surface area contributed by atoms with Gasteiger partial charge < -0.3 is 4.90 Å². The lowest BCUT2D eigenvalue weighted by Crippen LogP contribution is -2.52. The highest BCUT2D eigenvalue weighted by atomic mass is 79.9. The van der Waals surface area contributed by atoms with E-state index < -0.39 is 0 Å². The van der Waals surface area contributed by atoms with Crippen LogP contribution in [0, 0.1) is 5.92 Å². The summed E-state index contributed by atoms with van der Waals surface area (Å²) in [4.78, 5) is 26.8. The predicted octanol–water partition coefficient (Wildman–Crippen LogP) is 2.72. The molecule has 2 aromatic heterocycles. The van der Waals surface area contributed by atoms with Crippen molar-refractivity contribution < 1.29 is 4.79 Å². The van der Waals surface area contributed by atoms with Gasteiger partial charge in [-0.25, -0.2) is 4.68 Å². The monoisotopic (exact) mass is 393 g/mol. The van der Waals surface area contributed by atoms with Crippen LogP contribution in [0.15, 0.2) is 32.8 Å². The average Bonchev–Trinajstić information content (AvgIpc) is 3.25. The van der Waals surface area contributed by atoms with Gasteiger partial charge in [0, 0.05) is 40.8 Å². The van der Waals surface area contributed by atoms with Crippen LogP contribution in [0.25, 0.3) is 0 Å². The zero-order valence-electron chi connectivity index (χ0n) is 12.4. The van der Waals surface area contributed by atoms with Crippen molar-refractivity contribution in [2.75, 3.05) is 13.1 Å². The van der Waals surface area contributed by atoms with Gasteiger partial charge in [-0.2, -0.15) is 5.10 Å². The first-order valence-corrected chi connectivity index (χ1v) is 9.39. The molecule has 1 amide bonds. The highest BCUT2D eigenvalue weighted by molar-refractivity contribution is 9.10. The standard InChI is InChI=1S/C16H16BrN3O2S/c17-12-5-14(23-9-12)16(22)19-6-10(7-19)8-20-15(21)4-3-13(18-20)11-1-2-11/h3-5,9-11H,1-2,6-8H2. The Morgan fingerprint density at radius 3 is 2.78 bits per heavy atom. The number of carbonyl (C=O) groups is 1. The van der Waals surface area contributed by atoms with E-state index in [-0.39, 0.29) is 11.5 Å². The topological polar surface area (TPSA) is 55.2 Å². The molecule has 0 N–H and O–H groups in total. The van der Waals surface area contributed by atoms with Gasteiger partial charge in [0.2, 0.25) is 0 Å². The van der Waals surface area contributed by atoms with E-state index in [4.69, 9.17) is 0 Å². The number of thiophene rings is 1. The van der Waals surface area contributed by atoms with E-state index in [9.17, 15) is 9.59 Å². The van der Waals surface area contributed by atoms with Gasteiger partial charge in [0.1, 0.15) is 0 Å². The lowest BCUT2D eigenvalue weighted by molar-refractivity contribution is 0.0463. The van der Waals surface area contributed by atoms with Crippen molar-refractivity contribution in [3.63, 3.8) is 0 Å². The average molecular weight is 394 g/mol. The number of amides is 1. The molecule has 7 heteroatoms. The van der Waals surface area contributed by atoms with E-state index in [1.165, 1.54) is 24.2 Å². The Morgan fingerprint density at radius 2 is 2.13 bits per heavy atom. The molecule has 0 radical (unpaired) electrons. The van der Waals surface area contributed by atoms with Crippen molar-refractivity contribution in [2.45, 2.75) is 25.3 Å². The molecular weight excluding hydrogens is 378 g/mol. The third-order valence-corrected chi connectivity index (χ3v) is 6.02. The van der Waals surface area contributed by atoms with Gasteiger partial charge in [-0.05, 0) is 40.9 Å². The van der Waals surface area contributed by atoms with Crippen molar-refractivity contribution in [3.8, 4) is 0 Å². The summed E-state index contributed by atoms with van der Waals surface area (Å²) in [7, 11) is 0. The van der Waals surface area contributed by atoms with Crippen LogP contribution in [0.2, 0.25) is 0 Å². The zero-order valence-corrected chi connectivity index (χ0v) is 14.8. The first-order valence-electron chi connectivity index (χ1n) is 7.71. The molecular formula is C16H16BrN3O2S. The minimum atomic E-state index is -0.0543. The molecule has 2 aromatic rings. The molecule has 0 atom stereocenters. The van der Waals surface area contributed by atoms with Crippen molar-refractivity contribution in [2.24, 2.45) is 5.92 Å². The zero-order chi connectivity index (χ0) is 16.0. The third kappa shape index (κ3) is 3.12. The molecule has 2 aliphatic rings. The third-order valence-electron chi connectivity index (χ3n) is 4.34. The van der Waals surface area contributed by atoms with Gasteiger partial charge in [0.15, 0.2) is 0 Å². The number of rotatable bonds is 4. The number of aromatic nitrogens is 2. The lowest BCUT2D eigenvalue weighted by Gasteiger charge is -2.39. The van der Waals surface area contributed by atoms with Crippen LogP contribution in [0.3, 0.4) is 0 Å². The van der Waals surface area contributed by atoms with Gasteiger partial charge >= 0.3 is 0 Å². The molecule has 1 saturated heterocycles. The van der Waals surface area contributed by atoms with Gasteiger partial charge in [-0.3, -0.25) is 9.59 Å². The first-order chi connectivity index (χ1) is 11.1. The smallest absolute Gasteiger partial charge is 0.266 e. The number of carbonyl (C=O) groups excluding carboxylic acids is 1. The lowest BCUT2D eigenvalue weighted by atomic mass is 10.00. The van der Waals surface area contributed by atoms with Gasteiger partial charge in [-0.15, -0.1) is 11.3 Å². The number of hydrogen-bond donors (Lipinski definition) is 0. The molecule has 23 heavy (non-hydrogen) atoms. The number of halogens is 1. The maximum absolute atomic E-state index is 12.3. The molecule has 1 aliphatic heterocycles. The molecule has 0 aromatic carbocycles. The van der Waals surface area contributed by atoms with E-state index in [2.05, 4.69) is 21.0 Å². The Kier molecular flexibility index (Phi) is 3.85. The Bertz CT molecular complexity index is 806. The second kappa shape index (κ2) is 5.87. The molecule has 2 fully saturated rings. The molecule has 4 rings (SSSR count). The highest BCUT2D eigenvalue weighted by Gasteiger charge is 2.33. The van der Waals surface area contributed by atoms with Crippen molar-refractivity contribution >= 4 is 33.2 Å². The molecule has 1 aliphatic carbocycles. The maximum Gasteiger partial charge on any atom is 0.266 e. The summed E-state index contributed by atoms with van der Waals surface area (Å²) in [6.07, 6.45) is 2.35. The Balaban J connectivity index is 1.38. The molecule has 0 spiro atoms. The summed E-state index contributed by atoms with van der Waals surface area (Å²) >= 11 is 4.82. The van der Waals surface area contributed by atoms with Crippen LogP contribution >= 0.6 is 27.3 Å². The highest BCUT2D eigenvalue weighted by Crippen LogP contribution is 2.38. The number of nitrogens with zero attached hydrogens (tertiary/aromatic N) is 3. The van der Waals surface area contributed by atoms with Crippen LogP contribution in [0.4, 0.5) is 0 Å². The fraction of sp³-hybridized carbons (Fsp3) is 0.438. The summed E-state index contributed by atoms with van der Waals surface area (Å²) in [5.74, 6) is 0.921. The second-order valence-electron chi connectivity index (χ2n) is 6.26. The van der Waals surface area contributed by atoms with Gasteiger partial charge in [0.05, 0.1) is 17.1 Å². The molecule has 1 saturated carbocycles. The maximum atomic E-state index is 12.3. The van der Waals surface area contributed by atoms with E-state index >= 15 is 0 Å². The van der Waals surface area contributed by atoms with E-state index in [0.29, 0.717) is 31.5 Å². The van der Waals surface area contributed by atoms with Crippen molar-refractivity contribution in [3.05, 3.63) is 49.0 Å². The second-order valence-corrected chi connectivity index (χ2v) is 8.09. The Hall–Kier alpha value is -1.47. The van der Waals surface area contributed by atoms with E-state index in [1.54, 1.807) is 10.7 Å². The van der Waals surface area contributed by atoms with Crippen molar-refractivity contribution in [1.82, 2.24) is 14.7 Å². The SMILES string of the molecule is O=C(c1cc(Br)cs1)N1CC(Cn2nc(C3CC3)ccc2=O)C1. The minimum Gasteiger partial charge on any atom is -0.337 e. The van der Waals surface area contributed by atoms with Crippen LogP contribution in [-0.4, -0.2) is 33.7 Å². The molecule has 3 heterocycles. The van der Waals surface area contributed by atoms with E-state index in [1.807, 2.05) is 22.4 Å². The largest absolute Gasteiger partial charge is 0.337 e. The van der Waals surface area contributed by atoms with Crippen LogP contribution in [0.1, 0.15) is 34.1 Å².